The first-order valence-corrected chi connectivity index (χ1v) is 8.93. The van der Waals surface area contributed by atoms with Crippen molar-refractivity contribution in [3.8, 4) is 0 Å². The summed E-state index contributed by atoms with van der Waals surface area (Å²) in [6.07, 6.45) is 3.48. The topological polar surface area (TPSA) is 51.2 Å². The fourth-order valence-electron chi connectivity index (χ4n) is 2.98. The Morgan fingerprint density at radius 2 is 2.08 bits per heavy atom. The molecule has 1 aliphatic carbocycles. The van der Waals surface area contributed by atoms with Crippen LogP contribution >= 0.6 is 15.9 Å². The summed E-state index contributed by atoms with van der Waals surface area (Å²) in [7, 11) is 0. The summed E-state index contributed by atoms with van der Waals surface area (Å²) in [5.41, 5.74) is -0.280. The van der Waals surface area contributed by atoms with E-state index in [9.17, 15) is 13.6 Å². The first kappa shape index (κ1) is 19.1. The second kappa shape index (κ2) is 7.76. The maximum absolute atomic E-state index is 13.9. The molecule has 24 heavy (non-hydrogen) atoms. The van der Waals surface area contributed by atoms with Gasteiger partial charge in [-0.3, -0.25) is 0 Å². The van der Waals surface area contributed by atoms with Crippen LogP contribution in [0.4, 0.5) is 13.6 Å². The third-order valence-corrected chi connectivity index (χ3v) is 4.50. The summed E-state index contributed by atoms with van der Waals surface area (Å²) < 4.78 is 32.4. The monoisotopic (exact) mass is 404 g/mol. The van der Waals surface area contributed by atoms with Gasteiger partial charge in [-0.1, -0.05) is 6.42 Å². The summed E-state index contributed by atoms with van der Waals surface area (Å²) in [5, 5.41) is 2.88. The first-order valence-electron chi connectivity index (χ1n) is 8.14. The predicted octanol–water partition coefficient (Wildman–Crippen LogP) is 4.75. The quantitative estimate of drug-likeness (QED) is 0.739. The zero-order valence-electron chi connectivity index (χ0n) is 14.2. The SMILES string of the molecule is CC(C)(C)OC(=O)N[C@@H]1CCC[C@H](Cc2nc(Br)c(F)cc2F)C1. The van der Waals surface area contributed by atoms with Gasteiger partial charge in [-0.15, -0.1) is 0 Å². The molecule has 2 rings (SSSR count). The molecule has 0 bridgehead atoms. The molecular weight excluding hydrogens is 382 g/mol. The third-order valence-electron chi connectivity index (χ3n) is 3.95. The number of carbonyl (C=O) groups excluding carboxylic acids is 1. The Hall–Kier alpha value is -1.24. The smallest absolute Gasteiger partial charge is 0.407 e. The van der Waals surface area contributed by atoms with Crippen LogP contribution in [0.5, 0.6) is 0 Å². The van der Waals surface area contributed by atoms with E-state index in [1.165, 1.54) is 0 Å². The minimum absolute atomic E-state index is 0.00514. The Morgan fingerprint density at radius 1 is 1.38 bits per heavy atom. The highest BCUT2D eigenvalue weighted by Crippen LogP contribution is 2.29. The van der Waals surface area contributed by atoms with E-state index in [-0.39, 0.29) is 22.3 Å². The van der Waals surface area contributed by atoms with E-state index in [2.05, 4.69) is 26.2 Å². The van der Waals surface area contributed by atoms with Gasteiger partial charge in [0.25, 0.3) is 0 Å². The van der Waals surface area contributed by atoms with Crippen molar-refractivity contribution < 1.29 is 18.3 Å². The Morgan fingerprint density at radius 3 is 2.75 bits per heavy atom. The summed E-state index contributed by atoms with van der Waals surface area (Å²) >= 11 is 2.99. The van der Waals surface area contributed by atoms with Crippen molar-refractivity contribution in [2.24, 2.45) is 5.92 Å². The zero-order valence-corrected chi connectivity index (χ0v) is 15.8. The lowest BCUT2D eigenvalue weighted by Crippen LogP contribution is -2.41. The number of nitrogens with one attached hydrogen (secondary N) is 1. The largest absolute Gasteiger partial charge is 0.444 e. The Labute approximate surface area is 149 Å². The van der Waals surface area contributed by atoms with Gasteiger partial charge in [0.1, 0.15) is 16.0 Å². The Balaban J connectivity index is 1.94. The fraction of sp³-hybridized carbons (Fsp3) is 0.647. The van der Waals surface area contributed by atoms with Crippen molar-refractivity contribution in [3.05, 3.63) is 28.0 Å². The van der Waals surface area contributed by atoms with E-state index in [1.54, 1.807) is 0 Å². The highest BCUT2D eigenvalue weighted by atomic mass is 79.9. The number of ether oxygens (including phenoxy) is 1. The normalized spacial score (nSPS) is 21.4. The number of amides is 1. The molecule has 1 aromatic rings. The number of carbonyl (C=O) groups is 1. The molecule has 1 saturated carbocycles. The van der Waals surface area contributed by atoms with Gasteiger partial charge >= 0.3 is 6.09 Å². The highest BCUT2D eigenvalue weighted by Gasteiger charge is 2.26. The lowest BCUT2D eigenvalue weighted by Gasteiger charge is -2.30. The van der Waals surface area contributed by atoms with Crippen molar-refractivity contribution in [2.75, 3.05) is 0 Å². The second-order valence-corrected chi connectivity index (χ2v) is 8.02. The molecule has 1 heterocycles. The van der Waals surface area contributed by atoms with Crippen LogP contribution in [0, 0.1) is 17.6 Å². The van der Waals surface area contributed by atoms with E-state index in [0.717, 1.165) is 31.7 Å². The minimum Gasteiger partial charge on any atom is -0.444 e. The molecule has 0 saturated heterocycles. The molecule has 1 amide bonds. The van der Waals surface area contributed by atoms with Crippen molar-refractivity contribution in [1.29, 1.82) is 0 Å². The third kappa shape index (κ3) is 5.69. The van der Waals surface area contributed by atoms with Crippen LogP contribution in [0.3, 0.4) is 0 Å². The van der Waals surface area contributed by atoms with Crippen molar-refractivity contribution in [3.63, 3.8) is 0 Å². The number of hydrogen-bond donors (Lipinski definition) is 1. The lowest BCUT2D eigenvalue weighted by atomic mass is 9.83. The lowest BCUT2D eigenvalue weighted by molar-refractivity contribution is 0.0484. The van der Waals surface area contributed by atoms with Gasteiger partial charge < -0.3 is 10.1 Å². The molecule has 1 aliphatic rings. The van der Waals surface area contributed by atoms with Crippen molar-refractivity contribution in [1.82, 2.24) is 10.3 Å². The zero-order chi connectivity index (χ0) is 17.9. The molecule has 7 heteroatoms. The average molecular weight is 405 g/mol. The molecule has 1 aromatic heterocycles. The van der Waals surface area contributed by atoms with E-state index in [4.69, 9.17) is 4.74 Å². The van der Waals surface area contributed by atoms with E-state index in [0.29, 0.717) is 6.42 Å². The van der Waals surface area contributed by atoms with E-state index >= 15 is 0 Å². The van der Waals surface area contributed by atoms with E-state index < -0.39 is 23.3 Å². The number of alkyl carbamates (subject to hydrolysis) is 1. The van der Waals surface area contributed by atoms with Crippen LogP contribution < -0.4 is 5.32 Å². The van der Waals surface area contributed by atoms with Gasteiger partial charge in [-0.25, -0.2) is 18.6 Å². The van der Waals surface area contributed by atoms with Crippen LogP contribution in [0.15, 0.2) is 10.7 Å². The van der Waals surface area contributed by atoms with E-state index in [1.807, 2.05) is 20.8 Å². The van der Waals surface area contributed by atoms with Crippen LogP contribution in [0.25, 0.3) is 0 Å². The number of nitrogens with zero attached hydrogens (tertiary/aromatic N) is 1. The molecule has 1 fully saturated rings. The number of pyridine rings is 1. The minimum atomic E-state index is -0.704. The first-order chi connectivity index (χ1) is 11.1. The maximum atomic E-state index is 13.9. The summed E-state index contributed by atoms with van der Waals surface area (Å²) in [6, 6.07) is 0.858. The number of hydrogen-bond acceptors (Lipinski definition) is 3. The molecule has 0 radical (unpaired) electrons. The van der Waals surface area contributed by atoms with Crippen molar-refractivity contribution in [2.45, 2.75) is 64.5 Å². The molecule has 0 spiro atoms. The Bertz CT molecular complexity index is 605. The van der Waals surface area contributed by atoms with Crippen LogP contribution in [-0.4, -0.2) is 22.7 Å². The van der Waals surface area contributed by atoms with Crippen molar-refractivity contribution >= 4 is 22.0 Å². The van der Waals surface area contributed by atoms with Crippen LogP contribution in [0.1, 0.15) is 52.1 Å². The number of rotatable bonds is 3. The maximum Gasteiger partial charge on any atom is 0.407 e. The summed E-state index contributed by atoms with van der Waals surface area (Å²) in [4.78, 5) is 15.8. The molecule has 2 atom stereocenters. The number of aromatic nitrogens is 1. The fourth-order valence-corrected chi connectivity index (χ4v) is 3.31. The molecule has 134 valence electrons. The van der Waals surface area contributed by atoms with Gasteiger partial charge in [-0.2, -0.15) is 0 Å². The van der Waals surface area contributed by atoms with Gasteiger partial charge in [0.05, 0.1) is 5.69 Å². The standard InChI is InChI=1S/C17H23BrF2N2O2/c1-17(2,3)24-16(23)21-11-6-4-5-10(7-11)8-14-12(19)9-13(20)15(18)22-14/h9-11H,4-8H2,1-3H3,(H,21,23)/t10-,11+/m0/s1. The molecular formula is C17H23BrF2N2O2. The molecule has 0 unspecified atom stereocenters. The molecule has 1 N–H and O–H groups in total. The summed E-state index contributed by atoms with van der Waals surface area (Å²) in [6.45, 7) is 5.45. The van der Waals surface area contributed by atoms with Crippen LogP contribution in [-0.2, 0) is 11.2 Å². The molecule has 0 aromatic carbocycles. The van der Waals surface area contributed by atoms with Gasteiger partial charge in [-0.05, 0) is 68.3 Å². The molecule has 0 aliphatic heterocycles. The average Bonchev–Trinajstić information content (AvgIpc) is 2.43. The predicted molar refractivity (Wildman–Crippen MR) is 90.7 cm³/mol. The summed E-state index contributed by atoms with van der Waals surface area (Å²) in [5.74, 6) is -1.14. The molecule has 4 nitrogen and oxygen atoms in total. The highest BCUT2D eigenvalue weighted by molar-refractivity contribution is 9.10. The Kier molecular flexibility index (Phi) is 6.17. The van der Waals surface area contributed by atoms with Gasteiger partial charge in [0.15, 0.2) is 5.82 Å². The van der Waals surface area contributed by atoms with Gasteiger partial charge in [0, 0.05) is 12.1 Å². The van der Waals surface area contributed by atoms with Gasteiger partial charge in [0.2, 0.25) is 0 Å². The van der Waals surface area contributed by atoms with Crippen LogP contribution in [0.2, 0.25) is 0 Å². The second-order valence-electron chi connectivity index (χ2n) is 7.27. The number of halogens is 3.